The maximum Gasteiger partial charge on any atom is 0.319 e. The van der Waals surface area contributed by atoms with E-state index in [2.05, 4.69) is 10.6 Å². The number of benzene rings is 1. The van der Waals surface area contributed by atoms with Crippen molar-refractivity contribution in [2.75, 3.05) is 5.32 Å². The first-order chi connectivity index (χ1) is 9.06. The average Bonchev–Trinajstić information content (AvgIpc) is 2.76. The summed E-state index contributed by atoms with van der Waals surface area (Å²) >= 11 is 0. The standard InChI is InChI=1S/C13H15FN2O3/c14-8-3-1-4-9(7-8)15-13(19)16-11-6-2-5-10(11)12(17)18/h1,3-4,7,10-11H,2,5-6H2,(H,17,18)(H2,15,16,19). The summed E-state index contributed by atoms with van der Waals surface area (Å²) in [6.07, 6.45) is 2.00. The van der Waals surface area contributed by atoms with Gasteiger partial charge in [0.15, 0.2) is 0 Å². The lowest BCUT2D eigenvalue weighted by molar-refractivity contribution is -0.142. The smallest absolute Gasteiger partial charge is 0.319 e. The summed E-state index contributed by atoms with van der Waals surface area (Å²) in [7, 11) is 0. The monoisotopic (exact) mass is 266 g/mol. The second-order valence-electron chi connectivity index (χ2n) is 4.59. The molecule has 1 fully saturated rings. The van der Waals surface area contributed by atoms with Crippen molar-refractivity contribution >= 4 is 17.7 Å². The van der Waals surface area contributed by atoms with E-state index in [-0.39, 0.29) is 6.04 Å². The van der Waals surface area contributed by atoms with Crippen LogP contribution in [0.4, 0.5) is 14.9 Å². The number of aliphatic carboxylic acids is 1. The number of hydrogen-bond acceptors (Lipinski definition) is 2. The van der Waals surface area contributed by atoms with E-state index >= 15 is 0 Å². The van der Waals surface area contributed by atoms with Crippen LogP contribution in [0.25, 0.3) is 0 Å². The van der Waals surface area contributed by atoms with Gasteiger partial charge < -0.3 is 15.7 Å². The van der Waals surface area contributed by atoms with E-state index in [1.807, 2.05) is 0 Å². The van der Waals surface area contributed by atoms with Crippen LogP contribution in [-0.4, -0.2) is 23.1 Å². The minimum atomic E-state index is -0.895. The lowest BCUT2D eigenvalue weighted by Crippen LogP contribution is -2.42. The Bertz CT molecular complexity index is 493. The number of anilines is 1. The molecule has 2 atom stereocenters. The van der Waals surface area contributed by atoms with Crippen LogP contribution in [0, 0.1) is 11.7 Å². The third-order valence-electron chi connectivity index (χ3n) is 3.23. The quantitative estimate of drug-likeness (QED) is 0.784. The van der Waals surface area contributed by atoms with Crippen LogP contribution < -0.4 is 10.6 Å². The van der Waals surface area contributed by atoms with E-state index in [0.29, 0.717) is 18.5 Å². The van der Waals surface area contributed by atoms with Crippen LogP contribution in [0.1, 0.15) is 19.3 Å². The van der Waals surface area contributed by atoms with E-state index in [9.17, 15) is 14.0 Å². The number of halogens is 1. The number of nitrogens with one attached hydrogen (secondary N) is 2. The second kappa shape index (κ2) is 5.69. The second-order valence-corrected chi connectivity index (χ2v) is 4.59. The molecule has 1 aromatic rings. The molecule has 0 radical (unpaired) electrons. The van der Waals surface area contributed by atoms with Crippen LogP contribution in [0.5, 0.6) is 0 Å². The van der Waals surface area contributed by atoms with Gasteiger partial charge in [0.25, 0.3) is 0 Å². The van der Waals surface area contributed by atoms with Crippen LogP contribution in [0.2, 0.25) is 0 Å². The number of carboxylic acids is 1. The first kappa shape index (κ1) is 13.3. The summed E-state index contributed by atoms with van der Waals surface area (Å²) in [4.78, 5) is 22.7. The highest BCUT2D eigenvalue weighted by Gasteiger charge is 2.33. The molecule has 0 heterocycles. The molecule has 19 heavy (non-hydrogen) atoms. The number of hydrogen-bond donors (Lipinski definition) is 3. The number of carboxylic acid groups (broad SMARTS) is 1. The summed E-state index contributed by atoms with van der Waals surface area (Å²) in [5, 5.41) is 14.1. The van der Waals surface area contributed by atoms with Gasteiger partial charge in [-0.05, 0) is 31.0 Å². The van der Waals surface area contributed by atoms with Crippen molar-refractivity contribution in [2.45, 2.75) is 25.3 Å². The van der Waals surface area contributed by atoms with Crippen molar-refractivity contribution in [3.05, 3.63) is 30.1 Å². The van der Waals surface area contributed by atoms with Gasteiger partial charge in [-0.2, -0.15) is 0 Å². The highest BCUT2D eigenvalue weighted by atomic mass is 19.1. The minimum Gasteiger partial charge on any atom is -0.481 e. The number of amides is 2. The Morgan fingerprint density at radius 3 is 2.79 bits per heavy atom. The molecule has 2 rings (SSSR count). The lowest BCUT2D eigenvalue weighted by Gasteiger charge is -2.17. The van der Waals surface area contributed by atoms with E-state index in [4.69, 9.17) is 5.11 Å². The van der Waals surface area contributed by atoms with Gasteiger partial charge in [-0.1, -0.05) is 12.5 Å². The summed E-state index contributed by atoms with van der Waals surface area (Å²) in [6, 6.07) is 4.64. The van der Waals surface area contributed by atoms with Gasteiger partial charge in [-0.15, -0.1) is 0 Å². The first-order valence-corrected chi connectivity index (χ1v) is 6.12. The first-order valence-electron chi connectivity index (χ1n) is 6.12. The molecule has 2 amide bonds. The molecule has 0 bridgehead atoms. The molecular formula is C13H15FN2O3. The zero-order chi connectivity index (χ0) is 13.8. The Kier molecular flexibility index (Phi) is 3.99. The molecule has 2 unspecified atom stereocenters. The number of urea groups is 1. The third-order valence-corrected chi connectivity index (χ3v) is 3.23. The van der Waals surface area contributed by atoms with Crippen LogP contribution in [0.15, 0.2) is 24.3 Å². The summed E-state index contributed by atoms with van der Waals surface area (Å²) in [6.45, 7) is 0. The molecule has 102 valence electrons. The molecule has 0 saturated heterocycles. The van der Waals surface area contributed by atoms with E-state index in [1.54, 1.807) is 6.07 Å². The Labute approximate surface area is 109 Å². The fourth-order valence-electron chi connectivity index (χ4n) is 2.33. The largest absolute Gasteiger partial charge is 0.481 e. The molecule has 1 aliphatic carbocycles. The SMILES string of the molecule is O=C(Nc1cccc(F)c1)NC1CCCC1C(=O)O. The zero-order valence-electron chi connectivity index (χ0n) is 10.2. The molecule has 0 aromatic heterocycles. The van der Waals surface area contributed by atoms with Crippen molar-refractivity contribution in [2.24, 2.45) is 5.92 Å². The highest BCUT2D eigenvalue weighted by Crippen LogP contribution is 2.25. The van der Waals surface area contributed by atoms with Crippen molar-refractivity contribution in [3.63, 3.8) is 0 Å². The van der Waals surface area contributed by atoms with Crippen molar-refractivity contribution < 1.29 is 19.1 Å². The molecule has 0 aliphatic heterocycles. The summed E-state index contributed by atoms with van der Waals surface area (Å²) < 4.78 is 12.9. The van der Waals surface area contributed by atoms with E-state index in [1.165, 1.54) is 18.2 Å². The molecule has 5 nitrogen and oxygen atoms in total. The Hall–Kier alpha value is -2.11. The molecular weight excluding hydrogens is 251 g/mol. The van der Waals surface area contributed by atoms with Crippen LogP contribution in [-0.2, 0) is 4.79 Å². The Morgan fingerprint density at radius 1 is 1.32 bits per heavy atom. The molecule has 1 saturated carbocycles. The Balaban J connectivity index is 1.92. The van der Waals surface area contributed by atoms with Gasteiger partial charge in [-0.25, -0.2) is 9.18 Å². The predicted octanol–water partition coefficient (Wildman–Crippen LogP) is 2.20. The normalized spacial score (nSPS) is 21.9. The third kappa shape index (κ3) is 3.43. The highest BCUT2D eigenvalue weighted by molar-refractivity contribution is 5.89. The maximum absolute atomic E-state index is 12.9. The fourth-order valence-corrected chi connectivity index (χ4v) is 2.33. The average molecular weight is 266 g/mol. The molecule has 1 aliphatic rings. The molecule has 1 aromatic carbocycles. The number of carbonyl (C=O) groups excluding carboxylic acids is 1. The Morgan fingerprint density at radius 2 is 2.11 bits per heavy atom. The van der Waals surface area contributed by atoms with Gasteiger partial charge in [0.2, 0.25) is 0 Å². The fraction of sp³-hybridized carbons (Fsp3) is 0.385. The van der Waals surface area contributed by atoms with Gasteiger partial charge in [0, 0.05) is 11.7 Å². The van der Waals surface area contributed by atoms with E-state index in [0.717, 1.165) is 6.42 Å². The van der Waals surface area contributed by atoms with E-state index < -0.39 is 23.7 Å². The number of rotatable bonds is 3. The molecule has 3 N–H and O–H groups in total. The topological polar surface area (TPSA) is 78.4 Å². The summed E-state index contributed by atoms with van der Waals surface area (Å²) in [5.74, 6) is -1.88. The zero-order valence-corrected chi connectivity index (χ0v) is 10.2. The lowest BCUT2D eigenvalue weighted by atomic mass is 10.0. The number of carbonyl (C=O) groups is 2. The van der Waals surface area contributed by atoms with Crippen LogP contribution in [0.3, 0.4) is 0 Å². The predicted molar refractivity (Wildman–Crippen MR) is 67.3 cm³/mol. The van der Waals surface area contributed by atoms with Gasteiger partial charge in [0.1, 0.15) is 5.82 Å². The molecule has 6 heteroatoms. The van der Waals surface area contributed by atoms with Crippen molar-refractivity contribution in [1.82, 2.24) is 5.32 Å². The van der Waals surface area contributed by atoms with Gasteiger partial charge in [0.05, 0.1) is 5.92 Å². The van der Waals surface area contributed by atoms with Gasteiger partial charge in [-0.3, -0.25) is 4.79 Å². The van der Waals surface area contributed by atoms with Crippen molar-refractivity contribution in [3.8, 4) is 0 Å². The summed E-state index contributed by atoms with van der Waals surface area (Å²) in [5.41, 5.74) is 0.336. The van der Waals surface area contributed by atoms with Crippen molar-refractivity contribution in [1.29, 1.82) is 0 Å². The van der Waals surface area contributed by atoms with Crippen LogP contribution >= 0.6 is 0 Å². The maximum atomic E-state index is 12.9. The molecule has 0 spiro atoms. The minimum absolute atomic E-state index is 0.336. The van der Waals surface area contributed by atoms with Gasteiger partial charge >= 0.3 is 12.0 Å².